The van der Waals surface area contributed by atoms with E-state index in [4.69, 9.17) is 14.5 Å². The molecule has 1 unspecified atom stereocenters. The lowest BCUT2D eigenvalue weighted by molar-refractivity contribution is 0.184. The molecule has 0 saturated carbocycles. The number of hydrogen-bond donors (Lipinski definition) is 2. The molecule has 0 bridgehead atoms. The lowest BCUT2D eigenvalue weighted by atomic mass is 10.00. The van der Waals surface area contributed by atoms with E-state index in [9.17, 15) is 4.57 Å². The Labute approximate surface area is 159 Å². The number of ether oxygens (including phenoxy) is 1. The molecular weight excluding hydrogens is 347 g/mol. The molecule has 5 heteroatoms. The van der Waals surface area contributed by atoms with Crippen LogP contribution in [0.2, 0.25) is 0 Å². The number of allylic oxidation sites excluding steroid dienone is 7. The maximum Gasteiger partial charge on any atom is 0.350 e. The summed E-state index contributed by atoms with van der Waals surface area (Å²) < 4.78 is 15.6. The highest BCUT2D eigenvalue weighted by Gasteiger charge is 2.11. The van der Waals surface area contributed by atoms with E-state index in [0.717, 1.165) is 32.1 Å². The molecule has 0 fully saturated rings. The molecule has 0 aliphatic rings. The van der Waals surface area contributed by atoms with Crippen LogP contribution in [-0.2, 0) is 9.30 Å². The zero-order chi connectivity index (χ0) is 20.0. The second-order valence-electron chi connectivity index (χ2n) is 7.10. The predicted octanol–water partition coefficient (Wildman–Crippen LogP) is 6.14. The molecule has 0 rings (SSSR count). The molecule has 0 aromatic heterocycles. The molecule has 0 aliphatic carbocycles. The third-order valence-corrected chi connectivity index (χ3v) is 4.56. The molecule has 1 atom stereocenters. The Morgan fingerprint density at radius 1 is 1.00 bits per heavy atom. The Kier molecular flexibility index (Phi) is 13.7. The molecule has 26 heavy (non-hydrogen) atoms. The molecule has 0 spiro atoms. The average Bonchev–Trinajstić information content (AvgIpc) is 2.50. The van der Waals surface area contributed by atoms with Crippen molar-refractivity contribution in [3.8, 4) is 0 Å². The maximum atomic E-state index is 10.7. The van der Waals surface area contributed by atoms with Crippen molar-refractivity contribution >= 4 is 7.60 Å². The van der Waals surface area contributed by atoms with Gasteiger partial charge in [0.1, 0.15) is 6.35 Å². The molecule has 4 nitrogen and oxygen atoms in total. The predicted molar refractivity (Wildman–Crippen MR) is 111 cm³/mol. The van der Waals surface area contributed by atoms with E-state index in [0.29, 0.717) is 5.92 Å². The lowest BCUT2D eigenvalue weighted by Gasteiger charge is -2.07. The standard InChI is InChI=1S/C21H37O4P/c1-6-9-20(4)16-21(5)13-8-11-18(2)10-7-12-19(3)14-15-25-17-26(22,23)24/h6,9-10,13-14,20H,7-8,11-12,15-17H2,1-5H3,(H2,22,23,24)/b9-6+,18-10+,19-14+,21-13+. The maximum absolute atomic E-state index is 10.7. The summed E-state index contributed by atoms with van der Waals surface area (Å²) >= 11 is 0. The monoisotopic (exact) mass is 384 g/mol. The summed E-state index contributed by atoms with van der Waals surface area (Å²) in [5.41, 5.74) is 4.03. The highest BCUT2D eigenvalue weighted by molar-refractivity contribution is 7.51. The summed E-state index contributed by atoms with van der Waals surface area (Å²) in [6.45, 7) is 11.0. The van der Waals surface area contributed by atoms with E-state index >= 15 is 0 Å². The van der Waals surface area contributed by atoms with Gasteiger partial charge in [-0.3, -0.25) is 4.57 Å². The highest BCUT2D eigenvalue weighted by atomic mass is 31.2. The van der Waals surface area contributed by atoms with Crippen molar-refractivity contribution in [2.75, 3.05) is 13.0 Å². The first-order valence-electron chi connectivity index (χ1n) is 9.36. The van der Waals surface area contributed by atoms with Crippen LogP contribution in [0.1, 0.15) is 66.7 Å². The molecule has 150 valence electrons. The molecule has 2 N–H and O–H groups in total. The van der Waals surface area contributed by atoms with Gasteiger partial charge in [-0.05, 0) is 65.7 Å². The molecule has 0 radical (unpaired) electrons. The van der Waals surface area contributed by atoms with Gasteiger partial charge in [-0.2, -0.15) is 0 Å². The van der Waals surface area contributed by atoms with Gasteiger partial charge in [0.2, 0.25) is 0 Å². The van der Waals surface area contributed by atoms with Crippen molar-refractivity contribution in [2.45, 2.75) is 66.7 Å². The van der Waals surface area contributed by atoms with Crippen LogP contribution >= 0.6 is 7.60 Å². The normalized spacial score (nSPS) is 15.7. The van der Waals surface area contributed by atoms with Gasteiger partial charge in [-0.15, -0.1) is 0 Å². The third-order valence-electron chi connectivity index (χ3n) is 4.04. The number of hydrogen-bond acceptors (Lipinski definition) is 2. The van der Waals surface area contributed by atoms with Crippen LogP contribution in [0.15, 0.2) is 47.1 Å². The fraction of sp³-hybridized carbons (Fsp3) is 0.619. The van der Waals surface area contributed by atoms with Crippen molar-refractivity contribution in [2.24, 2.45) is 5.92 Å². The largest absolute Gasteiger partial charge is 0.365 e. The van der Waals surface area contributed by atoms with E-state index in [1.807, 2.05) is 13.0 Å². The molecular formula is C21H37O4P. The van der Waals surface area contributed by atoms with Gasteiger partial charge >= 0.3 is 7.60 Å². The quantitative estimate of drug-likeness (QED) is 0.227. The van der Waals surface area contributed by atoms with E-state index < -0.39 is 13.9 Å². The van der Waals surface area contributed by atoms with Crippen LogP contribution in [0.5, 0.6) is 0 Å². The Morgan fingerprint density at radius 2 is 1.54 bits per heavy atom. The van der Waals surface area contributed by atoms with Gasteiger partial charge < -0.3 is 14.5 Å². The highest BCUT2D eigenvalue weighted by Crippen LogP contribution is 2.33. The zero-order valence-corrected chi connectivity index (χ0v) is 18.0. The number of rotatable bonds is 13. The summed E-state index contributed by atoms with van der Waals surface area (Å²) in [4.78, 5) is 17.4. The molecule has 0 heterocycles. The van der Waals surface area contributed by atoms with E-state index in [-0.39, 0.29) is 6.61 Å². The second-order valence-corrected chi connectivity index (χ2v) is 8.69. The van der Waals surface area contributed by atoms with Crippen molar-refractivity contribution in [1.82, 2.24) is 0 Å². The van der Waals surface area contributed by atoms with Gasteiger partial charge in [-0.1, -0.05) is 54.0 Å². The van der Waals surface area contributed by atoms with Crippen molar-refractivity contribution in [3.05, 3.63) is 47.1 Å². The van der Waals surface area contributed by atoms with Gasteiger partial charge in [0.15, 0.2) is 0 Å². The Morgan fingerprint density at radius 3 is 2.08 bits per heavy atom. The van der Waals surface area contributed by atoms with Gasteiger partial charge in [0, 0.05) is 0 Å². The summed E-state index contributed by atoms with van der Waals surface area (Å²) in [5, 5.41) is 0. The molecule has 0 aromatic rings. The SMILES string of the molecule is C/C=C/C(C)C/C(C)=C/CC/C(C)=C/CC/C(C)=C/COCP(=O)(O)O. The van der Waals surface area contributed by atoms with Crippen LogP contribution in [0.3, 0.4) is 0 Å². The minimum absolute atomic E-state index is 0.245. The Bertz CT molecular complexity index is 552. The summed E-state index contributed by atoms with van der Waals surface area (Å²) in [6, 6.07) is 0. The van der Waals surface area contributed by atoms with E-state index in [1.54, 1.807) is 0 Å². The van der Waals surface area contributed by atoms with Gasteiger partial charge in [0.25, 0.3) is 0 Å². The van der Waals surface area contributed by atoms with Crippen molar-refractivity contribution in [1.29, 1.82) is 0 Å². The second kappa shape index (κ2) is 14.2. The lowest BCUT2D eigenvalue weighted by Crippen LogP contribution is -1.95. The minimum atomic E-state index is -4.06. The summed E-state index contributed by atoms with van der Waals surface area (Å²) in [6.07, 6.45) is 15.6. The Hall–Kier alpha value is -0.930. The van der Waals surface area contributed by atoms with Crippen LogP contribution in [0.4, 0.5) is 0 Å². The first-order chi connectivity index (χ1) is 12.1. The van der Waals surface area contributed by atoms with Gasteiger partial charge in [0.05, 0.1) is 6.61 Å². The van der Waals surface area contributed by atoms with Crippen LogP contribution in [0, 0.1) is 5.92 Å². The summed E-state index contributed by atoms with van der Waals surface area (Å²) in [7, 11) is -4.06. The minimum Gasteiger partial charge on any atom is -0.365 e. The Balaban J connectivity index is 4.04. The first kappa shape index (κ1) is 25.1. The fourth-order valence-corrected chi connectivity index (χ4v) is 3.00. The van der Waals surface area contributed by atoms with Crippen LogP contribution in [-0.4, -0.2) is 22.7 Å². The first-order valence-corrected chi connectivity index (χ1v) is 11.2. The van der Waals surface area contributed by atoms with E-state index in [1.165, 1.54) is 16.7 Å². The molecule has 0 aliphatic heterocycles. The van der Waals surface area contributed by atoms with Crippen LogP contribution in [0.25, 0.3) is 0 Å². The van der Waals surface area contributed by atoms with Crippen molar-refractivity contribution in [3.63, 3.8) is 0 Å². The van der Waals surface area contributed by atoms with E-state index in [2.05, 4.69) is 52.0 Å². The van der Waals surface area contributed by atoms with Gasteiger partial charge in [-0.25, -0.2) is 0 Å². The zero-order valence-electron chi connectivity index (χ0n) is 17.1. The van der Waals surface area contributed by atoms with Crippen LogP contribution < -0.4 is 0 Å². The van der Waals surface area contributed by atoms with Crippen molar-refractivity contribution < 1.29 is 19.1 Å². The fourth-order valence-electron chi connectivity index (χ4n) is 2.66. The smallest absolute Gasteiger partial charge is 0.350 e. The summed E-state index contributed by atoms with van der Waals surface area (Å²) in [5.74, 6) is 0.605. The third kappa shape index (κ3) is 16.5. The average molecular weight is 384 g/mol. The topological polar surface area (TPSA) is 66.8 Å². The molecule has 0 amide bonds. The molecule has 0 aromatic carbocycles. The molecule has 0 saturated heterocycles.